The Kier molecular flexibility index (Phi) is 6.75. The first-order chi connectivity index (χ1) is 7.79. The van der Waals surface area contributed by atoms with Crippen molar-refractivity contribution in [3.63, 3.8) is 0 Å². The molecule has 0 aliphatic carbocycles. The van der Waals surface area contributed by atoms with E-state index in [0.717, 1.165) is 0 Å². The molecule has 17 heavy (non-hydrogen) atoms. The highest BCUT2D eigenvalue weighted by atomic mass is 16.2. The summed E-state index contributed by atoms with van der Waals surface area (Å²) in [5, 5.41) is 0. The van der Waals surface area contributed by atoms with E-state index >= 15 is 0 Å². The van der Waals surface area contributed by atoms with Gasteiger partial charge in [0.2, 0.25) is 5.91 Å². The van der Waals surface area contributed by atoms with Crippen molar-refractivity contribution >= 4 is 11.8 Å². The zero-order chi connectivity index (χ0) is 13.6. The maximum atomic E-state index is 11.7. The molecule has 0 aromatic rings. The first-order valence-corrected chi connectivity index (χ1v) is 5.82. The average molecular weight is 244 g/mol. The molecule has 0 saturated heterocycles. The summed E-state index contributed by atoms with van der Waals surface area (Å²) in [5.74, 6) is 4.82. The van der Waals surface area contributed by atoms with Crippen LogP contribution >= 0.6 is 0 Å². The molecule has 1 unspecified atom stereocenters. The van der Waals surface area contributed by atoms with E-state index in [9.17, 15) is 9.59 Å². The highest BCUT2D eigenvalue weighted by Gasteiger charge is 2.29. The van der Waals surface area contributed by atoms with Crippen LogP contribution in [0.1, 0.15) is 27.7 Å². The molecule has 2 amide bonds. The number of rotatable bonds is 7. The molecule has 0 rings (SSSR count). The van der Waals surface area contributed by atoms with Crippen LogP contribution in [0.2, 0.25) is 0 Å². The maximum absolute atomic E-state index is 11.7. The SMILES string of the molecule is CC(C)CN(CC(N)=O)C(C(=O)NN)C(C)C. The van der Waals surface area contributed by atoms with Gasteiger partial charge in [-0.3, -0.25) is 19.9 Å². The molecule has 5 N–H and O–H groups in total. The second kappa shape index (κ2) is 7.24. The summed E-state index contributed by atoms with van der Waals surface area (Å²) in [6.07, 6.45) is 0. The molecule has 0 aromatic heterocycles. The normalized spacial score (nSPS) is 13.2. The van der Waals surface area contributed by atoms with Gasteiger partial charge in [0.25, 0.3) is 5.91 Å². The molecule has 6 heteroatoms. The largest absolute Gasteiger partial charge is 0.369 e. The Morgan fingerprint density at radius 1 is 1.24 bits per heavy atom. The molecule has 0 saturated carbocycles. The fourth-order valence-corrected chi connectivity index (χ4v) is 1.92. The first-order valence-electron chi connectivity index (χ1n) is 5.82. The number of carbonyl (C=O) groups is 2. The third-order valence-corrected chi connectivity index (χ3v) is 2.39. The third kappa shape index (κ3) is 5.65. The number of amides is 2. The van der Waals surface area contributed by atoms with E-state index in [1.54, 1.807) is 4.90 Å². The van der Waals surface area contributed by atoms with Crippen LogP contribution in [0.3, 0.4) is 0 Å². The Hall–Kier alpha value is -1.14. The van der Waals surface area contributed by atoms with Crippen LogP contribution < -0.4 is 17.0 Å². The van der Waals surface area contributed by atoms with Crippen molar-refractivity contribution < 1.29 is 9.59 Å². The van der Waals surface area contributed by atoms with Crippen molar-refractivity contribution in [1.82, 2.24) is 10.3 Å². The summed E-state index contributed by atoms with van der Waals surface area (Å²) in [4.78, 5) is 24.6. The number of nitrogens with zero attached hydrogens (tertiary/aromatic N) is 1. The lowest BCUT2D eigenvalue weighted by Gasteiger charge is -2.33. The minimum Gasteiger partial charge on any atom is -0.369 e. The predicted octanol–water partition coefficient (Wildman–Crippen LogP) is -0.556. The van der Waals surface area contributed by atoms with E-state index in [1.807, 2.05) is 27.7 Å². The number of carbonyl (C=O) groups excluding carboxylic acids is 2. The second-order valence-electron chi connectivity index (χ2n) is 4.99. The lowest BCUT2D eigenvalue weighted by Crippen LogP contribution is -2.54. The average Bonchev–Trinajstić information content (AvgIpc) is 2.14. The van der Waals surface area contributed by atoms with Gasteiger partial charge < -0.3 is 5.73 Å². The number of nitrogens with two attached hydrogens (primary N) is 2. The zero-order valence-electron chi connectivity index (χ0n) is 11.1. The van der Waals surface area contributed by atoms with Gasteiger partial charge in [-0.05, 0) is 11.8 Å². The van der Waals surface area contributed by atoms with Crippen molar-refractivity contribution in [2.45, 2.75) is 33.7 Å². The number of hydrogen-bond acceptors (Lipinski definition) is 4. The minimum atomic E-state index is -0.443. The number of hydrogen-bond donors (Lipinski definition) is 3. The number of hydrazine groups is 1. The quantitative estimate of drug-likeness (QED) is 0.317. The zero-order valence-corrected chi connectivity index (χ0v) is 11.1. The van der Waals surface area contributed by atoms with Crippen LogP contribution in [-0.2, 0) is 9.59 Å². The second-order valence-corrected chi connectivity index (χ2v) is 4.99. The molecule has 0 aliphatic rings. The molecule has 6 nitrogen and oxygen atoms in total. The van der Waals surface area contributed by atoms with Gasteiger partial charge in [-0.1, -0.05) is 27.7 Å². The monoisotopic (exact) mass is 244 g/mol. The maximum Gasteiger partial charge on any atom is 0.251 e. The molecule has 0 heterocycles. The summed E-state index contributed by atoms with van der Waals surface area (Å²) in [6, 6.07) is -0.435. The third-order valence-electron chi connectivity index (χ3n) is 2.39. The molecule has 0 fully saturated rings. The Morgan fingerprint density at radius 2 is 1.76 bits per heavy atom. The highest BCUT2D eigenvalue weighted by molar-refractivity contribution is 5.83. The molecule has 0 aromatic carbocycles. The fourth-order valence-electron chi connectivity index (χ4n) is 1.92. The van der Waals surface area contributed by atoms with E-state index in [2.05, 4.69) is 5.43 Å². The smallest absolute Gasteiger partial charge is 0.251 e. The topological polar surface area (TPSA) is 101 Å². The molecule has 1 atom stereocenters. The van der Waals surface area contributed by atoms with Gasteiger partial charge in [0.1, 0.15) is 0 Å². The Balaban J connectivity index is 4.92. The van der Waals surface area contributed by atoms with Crippen molar-refractivity contribution in [2.24, 2.45) is 23.4 Å². The Labute approximate surface area is 103 Å². The molecule has 0 spiro atoms. The van der Waals surface area contributed by atoms with E-state index in [4.69, 9.17) is 11.6 Å². The standard InChI is InChI=1S/C11H24N4O2/c1-7(2)5-15(6-9(12)16)10(8(3)4)11(17)14-13/h7-8,10H,5-6,13H2,1-4H3,(H2,12,16)(H,14,17). The van der Waals surface area contributed by atoms with Crippen LogP contribution in [0.15, 0.2) is 0 Å². The fraction of sp³-hybridized carbons (Fsp3) is 0.818. The van der Waals surface area contributed by atoms with Gasteiger partial charge in [0.05, 0.1) is 12.6 Å². The van der Waals surface area contributed by atoms with Crippen LogP contribution in [0, 0.1) is 11.8 Å². The van der Waals surface area contributed by atoms with Crippen molar-refractivity contribution in [2.75, 3.05) is 13.1 Å². The van der Waals surface area contributed by atoms with E-state index < -0.39 is 11.9 Å². The molecule has 0 bridgehead atoms. The van der Waals surface area contributed by atoms with E-state index in [0.29, 0.717) is 12.5 Å². The van der Waals surface area contributed by atoms with Gasteiger partial charge in [-0.25, -0.2) is 5.84 Å². The lowest BCUT2D eigenvalue weighted by molar-refractivity contribution is -0.130. The summed E-state index contributed by atoms with van der Waals surface area (Å²) in [5.41, 5.74) is 7.35. The van der Waals surface area contributed by atoms with Crippen molar-refractivity contribution in [3.8, 4) is 0 Å². The van der Waals surface area contributed by atoms with Crippen LogP contribution in [0.5, 0.6) is 0 Å². The first kappa shape index (κ1) is 15.9. The molecule has 0 aliphatic heterocycles. The summed E-state index contributed by atoms with van der Waals surface area (Å²) >= 11 is 0. The van der Waals surface area contributed by atoms with Gasteiger partial charge in [0, 0.05) is 6.54 Å². The number of primary amides is 1. The highest BCUT2D eigenvalue weighted by Crippen LogP contribution is 2.13. The molecule has 100 valence electrons. The summed E-state index contributed by atoms with van der Waals surface area (Å²) < 4.78 is 0. The van der Waals surface area contributed by atoms with Crippen LogP contribution in [0.4, 0.5) is 0 Å². The van der Waals surface area contributed by atoms with Crippen LogP contribution in [0.25, 0.3) is 0 Å². The number of nitrogens with one attached hydrogen (secondary N) is 1. The minimum absolute atomic E-state index is 0.0525. The van der Waals surface area contributed by atoms with Gasteiger partial charge >= 0.3 is 0 Å². The summed E-state index contributed by atoms with van der Waals surface area (Å²) in [7, 11) is 0. The summed E-state index contributed by atoms with van der Waals surface area (Å²) in [6.45, 7) is 8.55. The lowest BCUT2D eigenvalue weighted by atomic mass is 10.0. The Morgan fingerprint density at radius 3 is 2.06 bits per heavy atom. The Bertz CT molecular complexity index is 266. The predicted molar refractivity (Wildman–Crippen MR) is 66.6 cm³/mol. The van der Waals surface area contributed by atoms with Crippen molar-refractivity contribution in [1.29, 1.82) is 0 Å². The van der Waals surface area contributed by atoms with Crippen LogP contribution in [-0.4, -0.2) is 35.8 Å². The van der Waals surface area contributed by atoms with E-state index in [-0.39, 0.29) is 18.4 Å². The molecular weight excluding hydrogens is 220 g/mol. The molecule has 0 radical (unpaired) electrons. The van der Waals surface area contributed by atoms with E-state index in [1.165, 1.54) is 0 Å². The van der Waals surface area contributed by atoms with Gasteiger partial charge in [-0.15, -0.1) is 0 Å². The van der Waals surface area contributed by atoms with Gasteiger partial charge in [-0.2, -0.15) is 0 Å². The van der Waals surface area contributed by atoms with Crippen molar-refractivity contribution in [3.05, 3.63) is 0 Å². The van der Waals surface area contributed by atoms with Gasteiger partial charge in [0.15, 0.2) is 0 Å². The molecular formula is C11H24N4O2.